The van der Waals surface area contributed by atoms with Gasteiger partial charge in [0.1, 0.15) is 0 Å². The Morgan fingerprint density at radius 1 is 1.21 bits per heavy atom. The molecule has 2 rings (SSSR count). The van der Waals surface area contributed by atoms with E-state index >= 15 is 0 Å². The Labute approximate surface area is 112 Å². The van der Waals surface area contributed by atoms with Gasteiger partial charge in [0.25, 0.3) is 0 Å². The van der Waals surface area contributed by atoms with Crippen LogP contribution in [0.1, 0.15) is 24.8 Å². The van der Waals surface area contributed by atoms with Crippen LogP contribution in [0.15, 0.2) is 24.3 Å². The van der Waals surface area contributed by atoms with E-state index in [-0.39, 0.29) is 18.0 Å². The number of nitrogens with one attached hydrogen (secondary N) is 2. The molecule has 1 aromatic carbocycles. The highest BCUT2D eigenvalue weighted by atomic mass is 16.4. The Morgan fingerprint density at radius 2 is 1.89 bits per heavy atom. The molecule has 0 spiro atoms. The van der Waals surface area contributed by atoms with Crippen LogP contribution in [0.3, 0.4) is 0 Å². The average Bonchev–Trinajstić information content (AvgIpc) is 2.80. The molecule has 0 aliphatic heterocycles. The number of hydrogen-bond acceptors (Lipinski definition) is 2. The molecule has 1 saturated carbocycles. The Balaban J connectivity index is 1.82. The third-order valence-electron chi connectivity index (χ3n) is 3.43. The van der Waals surface area contributed by atoms with Gasteiger partial charge in [-0.05, 0) is 38.3 Å². The van der Waals surface area contributed by atoms with Gasteiger partial charge in [0, 0.05) is 11.7 Å². The van der Waals surface area contributed by atoms with E-state index in [0.717, 1.165) is 17.7 Å². The van der Waals surface area contributed by atoms with Crippen LogP contribution in [0.5, 0.6) is 0 Å². The molecule has 0 unspecified atom stereocenters. The lowest BCUT2D eigenvalue weighted by Crippen LogP contribution is -2.36. The molecule has 5 nitrogen and oxygen atoms in total. The fourth-order valence-electron chi connectivity index (χ4n) is 2.33. The van der Waals surface area contributed by atoms with E-state index in [1.807, 2.05) is 31.2 Å². The molecule has 102 valence electrons. The van der Waals surface area contributed by atoms with Crippen LogP contribution in [-0.2, 0) is 4.79 Å². The van der Waals surface area contributed by atoms with Crippen molar-refractivity contribution in [1.82, 2.24) is 5.32 Å². The van der Waals surface area contributed by atoms with Gasteiger partial charge in [-0.1, -0.05) is 17.7 Å². The van der Waals surface area contributed by atoms with Gasteiger partial charge in [0.15, 0.2) is 0 Å². The number of carboxylic acid groups (broad SMARTS) is 1. The van der Waals surface area contributed by atoms with E-state index in [1.165, 1.54) is 0 Å². The van der Waals surface area contributed by atoms with Crippen LogP contribution in [0.2, 0.25) is 0 Å². The Morgan fingerprint density at radius 3 is 2.47 bits per heavy atom. The summed E-state index contributed by atoms with van der Waals surface area (Å²) in [5.41, 5.74) is 1.86. The van der Waals surface area contributed by atoms with Crippen LogP contribution < -0.4 is 10.6 Å². The second-order valence-corrected chi connectivity index (χ2v) is 5.01. The summed E-state index contributed by atoms with van der Waals surface area (Å²) in [6.07, 6.45) is 1.86. The topological polar surface area (TPSA) is 78.4 Å². The minimum atomic E-state index is -0.775. The normalized spacial score (nSPS) is 21.9. The smallest absolute Gasteiger partial charge is 0.319 e. The number of aryl methyl sites for hydroxylation is 1. The zero-order chi connectivity index (χ0) is 13.8. The van der Waals surface area contributed by atoms with Crippen molar-refractivity contribution in [2.75, 3.05) is 5.32 Å². The van der Waals surface area contributed by atoms with Crippen LogP contribution in [0.4, 0.5) is 10.5 Å². The maximum atomic E-state index is 11.8. The number of amides is 2. The van der Waals surface area contributed by atoms with E-state index in [2.05, 4.69) is 10.6 Å². The first-order valence-corrected chi connectivity index (χ1v) is 6.41. The molecule has 19 heavy (non-hydrogen) atoms. The molecule has 0 bridgehead atoms. The number of benzene rings is 1. The summed E-state index contributed by atoms with van der Waals surface area (Å²) < 4.78 is 0. The molecule has 1 fully saturated rings. The predicted octanol–water partition coefficient (Wildman–Crippen LogP) is 2.37. The molecule has 0 heterocycles. The number of carbonyl (C=O) groups is 2. The monoisotopic (exact) mass is 262 g/mol. The first kappa shape index (κ1) is 13.4. The number of aliphatic carboxylic acids is 1. The Kier molecular flexibility index (Phi) is 4.04. The summed E-state index contributed by atoms with van der Waals surface area (Å²) in [7, 11) is 0. The van der Waals surface area contributed by atoms with Crippen LogP contribution >= 0.6 is 0 Å². The van der Waals surface area contributed by atoms with E-state index in [9.17, 15) is 9.59 Å². The molecule has 0 radical (unpaired) electrons. The van der Waals surface area contributed by atoms with Gasteiger partial charge in [-0.3, -0.25) is 4.79 Å². The van der Waals surface area contributed by atoms with Crippen molar-refractivity contribution in [2.24, 2.45) is 5.92 Å². The van der Waals surface area contributed by atoms with Crippen molar-refractivity contribution in [3.63, 3.8) is 0 Å². The van der Waals surface area contributed by atoms with Crippen LogP contribution in [-0.4, -0.2) is 23.1 Å². The van der Waals surface area contributed by atoms with Crippen molar-refractivity contribution >= 4 is 17.7 Å². The first-order chi connectivity index (χ1) is 9.04. The summed E-state index contributed by atoms with van der Waals surface area (Å²) >= 11 is 0. The zero-order valence-corrected chi connectivity index (χ0v) is 10.8. The SMILES string of the molecule is Cc1ccc(NC(=O)N[C@H]2CC[C@@H](C(=O)O)C2)cc1. The average molecular weight is 262 g/mol. The lowest BCUT2D eigenvalue weighted by Gasteiger charge is -2.13. The second kappa shape index (κ2) is 5.73. The minimum absolute atomic E-state index is 0.0495. The number of rotatable bonds is 3. The lowest BCUT2D eigenvalue weighted by atomic mass is 10.1. The molecular formula is C14H18N2O3. The zero-order valence-electron chi connectivity index (χ0n) is 10.8. The molecule has 2 amide bonds. The minimum Gasteiger partial charge on any atom is -0.481 e. The fraction of sp³-hybridized carbons (Fsp3) is 0.429. The number of carboxylic acids is 1. The quantitative estimate of drug-likeness (QED) is 0.782. The molecule has 2 atom stereocenters. The summed E-state index contributed by atoms with van der Waals surface area (Å²) in [4.78, 5) is 22.6. The standard InChI is InChI=1S/C14H18N2O3/c1-9-2-5-11(6-3-9)15-14(19)16-12-7-4-10(8-12)13(17)18/h2-3,5-6,10,12H,4,7-8H2,1H3,(H,17,18)(H2,15,16,19)/t10-,12+/m1/s1. The highest BCUT2D eigenvalue weighted by Crippen LogP contribution is 2.25. The molecule has 0 saturated heterocycles. The Hall–Kier alpha value is -2.04. The largest absolute Gasteiger partial charge is 0.481 e. The maximum absolute atomic E-state index is 11.8. The molecule has 1 aromatic rings. The number of urea groups is 1. The van der Waals surface area contributed by atoms with E-state index < -0.39 is 5.97 Å². The van der Waals surface area contributed by atoms with E-state index in [1.54, 1.807) is 0 Å². The number of anilines is 1. The van der Waals surface area contributed by atoms with Gasteiger partial charge < -0.3 is 15.7 Å². The molecular weight excluding hydrogens is 244 g/mol. The van der Waals surface area contributed by atoms with Crippen molar-refractivity contribution in [3.05, 3.63) is 29.8 Å². The van der Waals surface area contributed by atoms with Gasteiger partial charge in [0.2, 0.25) is 0 Å². The van der Waals surface area contributed by atoms with Crippen molar-refractivity contribution in [3.8, 4) is 0 Å². The maximum Gasteiger partial charge on any atom is 0.319 e. The van der Waals surface area contributed by atoms with E-state index in [4.69, 9.17) is 5.11 Å². The predicted molar refractivity (Wildman–Crippen MR) is 72.1 cm³/mol. The third-order valence-corrected chi connectivity index (χ3v) is 3.43. The lowest BCUT2D eigenvalue weighted by molar-refractivity contribution is -0.141. The first-order valence-electron chi connectivity index (χ1n) is 6.41. The van der Waals surface area contributed by atoms with Gasteiger partial charge in [-0.15, -0.1) is 0 Å². The second-order valence-electron chi connectivity index (χ2n) is 5.01. The van der Waals surface area contributed by atoms with Gasteiger partial charge in [0.05, 0.1) is 5.92 Å². The Bertz CT molecular complexity index is 470. The van der Waals surface area contributed by atoms with Gasteiger partial charge in [-0.2, -0.15) is 0 Å². The fourth-order valence-corrected chi connectivity index (χ4v) is 2.33. The molecule has 3 N–H and O–H groups in total. The van der Waals surface area contributed by atoms with Gasteiger partial charge in [-0.25, -0.2) is 4.79 Å². The van der Waals surface area contributed by atoms with Crippen molar-refractivity contribution in [2.45, 2.75) is 32.2 Å². The highest BCUT2D eigenvalue weighted by molar-refractivity contribution is 5.89. The third kappa shape index (κ3) is 3.71. The molecule has 1 aliphatic rings. The van der Waals surface area contributed by atoms with Crippen molar-refractivity contribution < 1.29 is 14.7 Å². The van der Waals surface area contributed by atoms with Gasteiger partial charge >= 0.3 is 12.0 Å². The van der Waals surface area contributed by atoms with Crippen LogP contribution in [0, 0.1) is 12.8 Å². The highest BCUT2D eigenvalue weighted by Gasteiger charge is 2.30. The summed E-state index contributed by atoms with van der Waals surface area (Å²) in [5.74, 6) is -1.10. The number of carbonyl (C=O) groups excluding carboxylic acids is 1. The molecule has 5 heteroatoms. The molecule has 1 aliphatic carbocycles. The molecule has 0 aromatic heterocycles. The summed E-state index contributed by atoms with van der Waals surface area (Å²) in [5, 5.41) is 14.5. The summed E-state index contributed by atoms with van der Waals surface area (Å²) in [6, 6.07) is 7.19. The summed E-state index contributed by atoms with van der Waals surface area (Å²) in [6.45, 7) is 1.98. The number of hydrogen-bond donors (Lipinski definition) is 3. The van der Waals surface area contributed by atoms with E-state index in [0.29, 0.717) is 12.8 Å². The van der Waals surface area contributed by atoms with Crippen molar-refractivity contribution in [1.29, 1.82) is 0 Å². The van der Waals surface area contributed by atoms with Crippen LogP contribution in [0.25, 0.3) is 0 Å².